The molecule has 2 saturated carbocycles. The molecule has 0 unspecified atom stereocenters. The molecule has 0 amide bonds. The second-order valence-corrected chi connectivity index (χ2v) is 12.4. The zero-order chi connectivity index (χ0) is 25.3. The Kier molecular flexibility index (Phi) is 7.21. The van der Waals surface area contributed by atoms with E-state index in [1.54, 1.807) is 6.07 Å². The molecule has 0 radical (unpaired) electrons. The Bertz CT molecular complexity index is 1230. The molecule has 3 aliphatic rings. The minimum Gasteiger partial charge on any atom is -0.464 e. The standard InChI is InChI=1S/C27H32N2O6S/c1-34-27(31)24-16-28-20(15-29-24)14-25(30)22(12-17-8-10-35-11-9-17)19-4-7-26(23(13-19)18-2-3-18)36(32,33)21-5-6-21/h4,7,13,15-18,21-22H,2-3,5-6,8-12,14H2,1H3/t22-/m1/s1. The fourth-order valence-electron chi connectivity index (χ4n) is 5.04. The Morgan fingerprint density at radius 1 is 1.06 bits per heavy atom. The molecule has 1 aromatic carbocycles. The average Bonchev–Trinajstić information content (AvgIpc) is 3.80. The van der Waals surface area contributed by atoms with Crippen molar-refractivity contribution in [2.45, 2.75) is 73.3 Å². The second-order valence-electron chi connectivity index (χ2n) is 10.2. The zero-order valence-electron chi connectivity index (χ0n) is 20.5. The van der Waals surface area contributed by atoms with Crippen LogP contribution < -0.4 is 0 Å². The summed E-state index contributed by atoms with van der Waals surface area (Å²) >= 11 is 0. The molecule has 0 spiro atoms. The molecule has 9 heteroatoms. The Labute approximate surface area is 211 Å². The topological polar surface area (TPSA) is 113 Å². The molecule has 0 bridgehead atoms. The van der Waals surface area contributed by atoms with Crippen molar-refractivity contribution in [2.75, 3.05) is 20.3 Å². The molecule has 2 aromatic rings. The minimum atomic E-state index is -3.31. The Morgan fingerprint density at radius 2 is 1.81 bits per heavy atom. The molecule has 1 saturated heterocycles. The number of Topliss-reactive ketones (excluding diaryl/α,β-unsaturated/α-hetero) is 1. The maximum absolute atomic E-state index is 13.6. The van der Waals surface area contributed by atoms with Crippen molar-refractivity contribution in [1.82, 2.24) is 9.97 Å². The lowest BCUT2D eigenvalue weighted by atomic mass is 9.81. The minimum absolute atomic E-state index is 0.0150. The van der Waals surface area contributed by atoms with Gasteiger partial charge in [-0.25, -0.2) is 18.2 Å². The lowest BCUT2D eigenvalue weighted by Gasteiger charge is -2.27. The average molecular weight is 513 g/mol. The highest BCUT2D eigenvalue weighted by molar-refractivity contribution is 7.92. The van der Waals surface area contributed by atoms with Crippen LogP contribution in [0.1, 0.15) is 84.1 Å². The quantitative estimate of drug-likeness (QED) is 0.442. The predicted molar refractivity (Wildman–Crippen MR) is 132 cm³/mol. The first-order valence-electron chi connectivity index (χ1n) is 12.7. The molecule has 2 aliphatic carbocycles. The van der Waals surface area contributed by atoms with E-state index in [9.17, 15) is 18.0 Å². The molecule has 1 aromatic heterocycles. The van der Waals surface area contributed by atoms with Gasteiger partial charge >= 0.3 is 5.97 Å². The van der Waals surface area contributed by atoms with Gasteiger partial charge in [0.1, 0.15) is 5.78 Å². The summed E-state index contributed by atoms with van der Waals surface area (Å²) in [7, 11) is -2.03. The van der Waals surface area contributed by atoms with Gasteiger partial charge in [-0.05, 0) is 74.0 Å². The molecule has 8 nitrogen and oxygen atoms in total. The number of sulfone groups is 1. The summed E-state index contributed by atoms with van der Waals surface area (Å²) < 4.78 is 36.4. The number of carbonyl (C=O) groups is 2. The summed E-state index contributed by atoms with van der Waals surface area (Å²) in [5.41, 5.74) is 2.34. The van der Waals surface area contributed by atoms with Crippen molar-refractivity contribution >= 4 is 21.6 Å². The van der Waals surface area contributed by atoms with Crippen molar-refractivity contribution in [2.24, 2.45) is 5.92 Å². The van der Waals surface area contributed by atoms with Crippen LogP contribution in [0, 0.1) is 5.92 Å². The smallest absolute Gasteiger partial charge is 0.358 e. The lowest BCUT2D eigenvalue weighted by Crippen LogP contribution is -2.23. The van der Waals surface area contributed by atoms with Crippen LogP contribution in [0.25, 0.3) is 0 Å². The van der Waals surface area contributed by atoms with Crippen molar-refractivity contribution in [3.63, 3.8) is 0 Å². The Hall–Kier alpha value is -2.65. The van der Waals surface area contributed by atoms with Gasteiger partial charge in [-0.1, -0.05) is 12.1 Å². The number of ketones is 1. The normalized spacial score (nSPS) is 19.6. The molecule has 1 aliphatic heterocycles. The SMILES string of the molecule is COC(=O)c1cnc(CC(=O)[C@H](CC2CCOCC2)c2ccc(S(=O)(=O)C3CC3)c(C3CC3)c2)cn1. The highest BCUT2D eigenvalue weighted by Crippen LogP contribution is 2.46. The van der Waals surface area contributed by atoms with Crippen LogP contribution in [0.2, 0.25) is 0 Å². The van der Waals surface area contributed by atoms with E-state index in [0.717, 1.165) is 49.7 Å². The third kappa shape index (κ3) is 5.52. The van der Waals surface area contributed by atoms with Crippen LogP contribution >= 0.6 is 0 Å². The molecule has 192 valence electrons. The molecular weight excluding hydrogens is 480 g/mol. The van der Waals surface area contributed by atoms with E-state index >= 15 is 0 Å². The summed E-state index contributed by atoms with van der Waals surface area (Å²) in [6, 6.07) is 5.57. The van der Waals surface area contributed by atoms with E-state index in [0.29, 0.717) is 36.1 Å². The van der Waals surface area contributed by atoms with Gasteiger partial charge in [0, 0.05) is 25.3 Å². The van der Waals surface area contributed by atoms with Crippen LogP contribution in [0.3, 0.4) is 0 Å². The molecule has 2 heterocycles. The van der Waals surface area contributed by atoms with Crippen LogP contribution in [-0.4, -0.2) is 55.7 Å². The molecule has 0 N–H and O–H groups in total. The van der Waals surface area contributed by atoms with Crippen molar-refractivity contribution in [1.29, 1.82) is 0 Å². The maximum atomic E-state index is 13.6. The molecular formula is C27H32N2O6S. The van der Waals surface area contributed by atoms with Gasteiger partial charge in [0.15, 0.2) is 15.5 Å². The van der Waals surface area contributed by atoms with Gasteiger partial charge in [0.25, 0.3) is 0 Å². The fourth-order valence-corrected chi connectivity index (χ4v) is 6.97. The number of aromatic nitrogens is 2. The van der Waals surface area contributed by atoms with Crippen LogP contribution in [0.5, 0.6) is 0 Å². The highest BCUT2D eigenvalue weighted by Gasteiger charge is 2.41. The zero-order valence-corrected chi connectivity index (χ0v) is 21.3. The van der Waals surface area contributed by atoms with Crippen molar-refractivity contribution in [3.8, 4) is 0 Å². The van der Waals surface area contributed by atoms with E-state index in [1.165, 1.54) is 19.5 Å². The summed E-state index contributed by atoms with van der Waals surface area (Å²) in [6.45, 7) is 1.38. The summed E-state index contributed by atoms with van der Waals surface area (Å²) in [6.07, 6.45) is 8.78. The number of hydrogen-bond donors (Lipinski definition) is 0. The molecule has 3 fully saturated rings. The van der Waals surface area contributed by atoms with Gasteiger partial charge in [0.05, 0.1) is 35.6 Å². The first-order valence-corrected chi connectivity index (χ1v) is 14.3. The van der Waals surface area contributed by atoms with Crippen molar-refractivity contribution < 1.29 is 27.5 Å². The van der Waals surface area contributed by atoms with E-state index in [1.807, 2.05) is 12.1 Å². The largest absolute Gasteiger partial charge is 0.464 e. The fraction of sp³-hybridized carbons (Fsp3) is 0.556. The number of hydrogen-bond acceptors (Lipinski definition) is 8. The van der Waals surface area contributed by atoms with Gasteiger partial charge in [0.2, 0.25) is 0 Å². The van der Waals surface area contributed by atoms with E-state index in [4.69, 9.17) is 4.74 Å². The molecule has 1 atom stereocenters. The van der Waals surface area contributed by atoms with E-state index in [-0.39, 0.29) is 35.0 Å². The number of rotatable bonds is 10. The third-order valence-electron chi connectivity index (χ3n) is 7.48. The summed E-state index contributed by atoms with van der Waals surface area (Å²) in [5, 5.41) is -0.257. The Morgan fingerprint density at radius 3 is 2.42 bits per heavy atom. The summed E-state index contributed by atoms with van der Waals surface area (Å²) in [4.78, 5) is 34.1. The second kappa shape index (κ2) is 10.4. The lowest BCUT2D eigenvalue weighted by molar-refractivity contribution is -0.120. The predicted octanol–water partition coefficient (Wildman–Crippen LogP) is 3.79. The first-order chi connectivity index (χ1) is 17.4. The molecule has 36 heavy (non-hydrogen) atoms. The molecule has 5 rings (SSSR count). The third-order valence-corrected chi connectivity index (χ3v) is 9.81. The number of benzene rings is 1. The number of nitrogens with zero attached hydrogens (tertiary/aromatic N) is 2. The van der Waals surface area contributed by atoms with Crippen LogP contribution in [0.15, 0.2) is 35.5 Å². The summed E-state index contributed by atoms with van der Waals surface area (Å²) in [5.74, 6) is -0.318. The van der Waals surface area contributed by atoms with Gasteiger partial charge < -0.3 is 9.47 Å². The highest BCUT2D eigenvalue weighted by atomic mass is 32.2. The number of ether oxygens (including phenoxy) is 2. The van der Waals surface area contributed by atoms with Gasteiger partial charge in [-0.2, -0.15) is 0 Å². The number of carbonyl (C=O) groups excluding carboxylic acids is 2. The van der Waals surface area contributed by atoms with Crippen LogP contribution in [0.4, 0.5) is 0 Å². The van der Waals surface area contributed by atoms with Crippen molar-refractivity contribution in [3.05, 3.63) is 53.1 Å². The number of methoxy groups -OCH3 is 1. The van der Waals surface area contributed by atoms with E-state index in [2.05, 4.69) is 14.7 Å². The monoisotopic (exact) mass is 512 g/mol. The van der Waals surface area contributed by atoms with Gasteiger partial charge in [-0.3, -0.25) is 9.78 Å². The van der Waals surface area contributed by atoms with Gasteiger partial charge in [-0.15, -0.1) is 0 Å². The number of esters is 1. The van der Waals surface area contributed by atoms with Crippen LogP contribution in [-0.2, 0) is 30.5 Å². The van der Waals surface area contributed by atoms with E-state index < -0.39 is 15.8 Å². The maximum Gasteiger partial charge on any atom is 0.358 e. The Balaban J connectivity index is 1.43. The first kappa shape index (κ1) is 25.0.